The zero-order valence-corrected chi connectivity index (χ0v) is 16.5. The molecule has 0 saturated heterocycles. The largest absolute Gasteiger partial charge is 0.383 e. The lowest BCUT2D eigenvalue weighted by Gasteiger charge is -2.20. The fraction of sp³-hybridized carbons (Fsp3) is 0.357. The highest BCUT2D eigenvalue weighted by molar-refractivity contribution is 9.11. The Balaban J connectivity index is 2.43. The molecule has 0 fully saturated rings. The number of halogens is 3. The molecule has 0 saturated carbocycles. The van der Waals surface area contributed by atoms with Crippen molar-refractivity contribution in [2.45, 2.75) is 12.6 Å². The van der Waals surface area contributed by atoms with Crippen molar-refractivity contribution in [1.29, 1.82) is 0 Å². The van der Waals surface area contributed by atoms with Crippen molar-refractivity contribution in [2.24, 2.45) is 0 Å². The number of benzene rings is 1. The van der Waals surface area contributed by atoms with Gasteiger partial charge in [0.25, 0.3) is 0 Å². The summed E-state index contributed by atoms with van der Waals surface area (Å²) in [6.07, 6.45) is 1.82. The van der Waals surface area contributed by atoms with Crippen LogP contribution in [0, 0.1) is 0 Å². The van der Waals surface area contributed by atoms with Crippen LogP contribution in [0.2, 0.25) is 0 Å². The fourth-order valence-electron chi connectivity index (χ4n) is 2.19. The van der Waals surface area contributed by atoms with Crippen LogP contribution in [0.1, 0.15) is 17.3 Å². The molecule has 2 aromatic rings. The molecule has 2 rings (SSSR count). The number of methoxy groups -OCH3 is 1. The first-order chi connectivity index (χ1) is 10.1. The van der Waals surface area contributed by atoms with Gasteiger partial charge in [0, 0.05) is 16.1 Å². The number of hydrogen-bond acceptors (Lipinski definition) is 3. The fourth-order valence-corrected chi connectivity index (χ4v) is 3.99. The second kappa shape index (κ2) is 7.87. The standard InChI is InChI=1S/C14H16Br3N3O/c1-18-13(10-4-3-9(15)7-11(10)16)14-12(17)8-19-20(14)5-6-21-2/h3-4,7-8,13,18H,5-6H2,1-2H3. The summed E-state index contributed by atoms with van der Waals surface area (Å²) >= 11 is 10.7. The van der Waals surface area contributed by atoms with Crippen molar-refractivity contribution in [3.05, 3.63) is 49.1 Å². The Hall–Kier alpha value is -0.210. The summed E-state index contributed by atoms with van der Waals surface area (Å²) in [5.41, 5.74) is 2.23. The topological polar surface area (TPSA) is 39.1 Å². The van der Waals surface area contributed by atoms with Gasteiger partial charge >= 0.3 is 0 Å². The van der Waals surface area contributed by atoms with E-state index in [1.807, 2.05) is 30.1 Å². The molecule has 21 heavy (non-hydrogen) atoms. The van der Waals surface area contributed by atoms with Gasteiger partial charge in [-0.3, -0.25) is 4.68 Å². The van der Waals surface area contributed by atoms with Crippen LogP contribution in [0.5, 0.6) is 0 Å². The highest BCUT2D eigenvalue weighted by atomic mass is 79.9. The molecule has 0 bridgehead atoms. The van der Waals surface area contributed by atoms with E-state index in [1.165, 1.54) is 0 Å². The summed E-state index contributed by atoms with van der Waals surface area (Å²) in [6, 6.07) is 6.20. The summed E-state index contributed by atoms with van der Waals surface area (Å²) in [7, 11) is 3.64. The monoisotopic (exact) mass is 479 g/mol. The molecule has 1 aromatic heterocycles. The van der Waals surface area contributed by atoms with Crippen LogP contribution in [0.25, 0.3) is 0 Å². The van der Waals surface area contributed by atoms with E-state index in [1.54, 1.807) is 7.11 Å². The molecule has 0 aliphatic carbocycles. The first kappa shape index (κ1) is 17.1. The zero-order valence-electron chi connectivity index (χ0n) is 11.7. The number of nitrogens with zero attached hydrogens (tertiary/aromatic N) is 2. The minimum absolute atomic E-state index is 0.0289. The van der Waals surface area contributed by atoms with Crippen LogP contribution in [-0.4, -0.2) is 30.5 Å². The quantitative estimate of drug-likeness (QED) is 0.674. The molecule has 1 N–H and O–H groups in total. The Bertz CT molecular complexity index is 616. The van der Waals surface area contributed by atoms with Gasteiger partial charge < -0.3 is 10.1 Å². The molecule has 0 spiro atoms. The summed E-state index contributed by atoms with van der Waals surface area (Å²) in [5, 5.41) is 7.78. The van der Waals surface area contributed by atoms with Crippen LogP contribution >= 0.6 is 47.8 Å². The Morgan fingerprint density at radius 1 is 1.29 bits per heavy atom. The summed E-state index contributed by atoms with van der Waals surface area (Å²) in [6.45, 7) is 1.34. The first-order valence-electron chi connectivity index (χ1n) is 6.40. The van der Waals surface area contributed by atoms with Crippen molar-refractivity contribution in [3.63, 3.8) is 0 Å². The molecule has 0 aliphatic rings. The molecule has 1 heterocycles. The number of hydrogen-bond donors (Lipinski definition) is 1. The molecular weight excluding hydrogens is 466 g/mol. The molecule has 0 radical (unpaired) electrons. The van der Waals surface area contributed by atoms with Crippen molar-refractivity contribution in [1.82, 2.24) is 15.1 Å². The van der Waals surface area contributed by atoms with E-state index in [2.05, 4.69) is 64.3 Å². The van der Waals surface area contributed by atoms with E-state index in [4.69, 9.17) is 4.74 Å². The number of rotatable bonds is 6. The average Bonchev–Trinajstić information content (AvgIpc) is 2.81. The Morgan fingerprint density at radius 2 is 2.05 bits per heavy atom. The molecule has 1 atom stereocenters. The smallest absolute Gasteiger partial charge is 0.0768 e. The van der Waals surface area contributed by atoms with Gasteiger partial charge in [0.2, 0.25) is 0 Å². The van der Waals surface area contributed by atoms with Crippen molar-refractivity contribution >= 4 is 47.8 Å². The maximum Gasteiger partial charge on any atom is 0.0768 e. The molecule has 0 amide bonds. The van der Waals surface area contributed by atoms with Crippen molar-refractivity contribution < 1.29 is 4.74 Å². The van der Waals surface area contributed by atoms with Gasteiger partial charge in [-0.05, 0) is 40.7 Å². The molecule has 7 heteroatoms. The number of nitrogens with one attached hydrogen (secondary N) is 1. The lowest BCUT2D eigenvalue weighted by Crippen LogP contribution is -2.23. The molecule has 4 nitrogen and oxygen atoms in total. The van der Waals surface area contributed by atoms with E-state index in [0.717, 1.165) is 24.7 Å². The van der Waals surface area contributed by atoms with Gasteiger partial charge in [-0.2, -0.15) is 5.10 Å². The normalized spacial score (nSPS) is 12.6. The Morgan fingerprint density at radius 3 is 2.67 bits per heavy atom. The molecule has 1 unspecified atom stereocenters. The van der Waals surface area contributed by atoms with Crippen LogP contribution in [-0.2, 0) is 11.3 Å². The van der Waals surface area contributed by atoms with E-state index >= 15 is 0 Å². The minimum atomic E-state index is 0.0289. The highest BCUT2D eigenvalue weighted by Crippen LogP contribution is 2.33. The maximum absolute atomic E-state index is 5.16. The van der Waals surface area contributed by atoms with E-state index < -0.39 is 0 Å². The van der Waals surface area contributed by atoms with Crippen molar-refractivity contribution in [3.8, 4) is 0 Å². The molecule has 0 aliphatic heterocycles. The lowest BCUT2D eigenvalue weighted by molar-refractivity contribution is 0.182. The highest BCUT2D eigenvalue weighted by Gasteiger charge is 2.22. The van der Waals surface area contributed by atoms with E-state index in [-0.39, 0.29) is 6.04 Å². The van der Waals surface area contributed by atoms with Crippen LogP contribution in [0.4, 0.5) is 0 Å². The average molecular weight is 482 g/mol. The molecule has 114 valence electrons. The van der Waals surface area contributed by atoms with Gasteiger partial charge in [0.05, 0.1) is 35.6 Å². The van der Waals surface area contributed by atoms with Gasteiger partial charge in [-0.1, -0.05) is 37.9 Å². The SMILES string of the molecule is CNC(c1ccc(Br)cc1Br)c1c(Br)cnn1CCOC. The Labute approximate surface area is 149 Å². The zero-order chi connectivity index (χ0) is 15.4. The van der Waals surface area contributed by atoms with Gasteiger partial charge in [-0.15, -0.1) is 0 Å². The van der Waals surface area contributed by atoms with Crippen LogP contribution in [0.3, 0.4) is 0 Å². The Kier molecular flexibility index (Phi) is 6.43. The molecular formula is C14H16Br3N3O. The van der Waals surface area contributed by atoms with E-state index in [0.29, 0.717) is 13.2 Å². The summed E-state index contributed by atoms with van der Waals surface area (Å²) in [5.74, 6) is 0. The maximum atomic E-state index is 5.16. The number of ether oxygens (including phenoxy) is 1. The van der Waals surface area contributed by atoms with Crippen LogP contribution < -0.4 is 5.32 Å². The summed E-state index contributed by atoms with van der Waals surface area (Å²) in [4.78, 5) is 0. The van der Waals surface area contributed by atoms with Gasteiger partial charge in [0.15, 0.2) is 0 Å². The third-order valence-electron chi connectivity index (χ3n) is 3.18. The number of aromatic nitrogens is 2. The van der Waals surface area contributed by atoms with E-state index in [9.17, 15) is 0 Å². The first-order valence-corrected chi connectivity index (χ1v) is 8.78. The molecule has 1 aromatic carbocycles. The third-order valence-corrected chi connectivity index (χ3v) is 4.97. The second-order valence-electron chi connectivity index (χ2n) is 4.48. The predicted molar refractivity (Wildman–Crippen MR) is 94.5 cm³/mol. The summed E-state index contributed by atoms with van der Waals surface area (Å²) < 4.78 is 10.2. The predicted octanol–water partition coefficient (Wildman–Crippen LogP) is 4.13. The minimum Gasteiger partial charge on any atom is -0.383 e. The lowest BCUT2D eigenvalue weighted by atomic mass is 10.0. The second-order valence-corrected chi connectivity index (χ2v) is 7.11. The van der Waals surface area contributed by atoms with Gasteiger partial charge in [0.1, 0.15) is 0 Å². The van der Waals surface area contributed by atoms with Crippen LogP contribution in [0.15, 0.2) is 37.8 Å². The van der Waals surface area contributed by atoms with Gasteiger partial charge in [-0.25, -0.2) is 0 Å². The van der Waals surface area contributed by atoms with Crippen molar-refractivity contribution in [2.75, 3.05) is 20.8 Å². The third kappa shape index (κ3) is 3.96.